The number of aliphatic hydroxyl groups excluding tert-OH is 2. The minimum absolute atomic E-state index is 0.193. The van der Waals surface area contributed by atoms with E-state index in [0.29, 0.717) is 38.3 Å². The van der Waals surface area contributed by atoms with Crippen molar-refractivity contribution in [3.8, 4) is 0 Å². The molecule has 0 spiro atoms. The van der Waals surface area contributed by atoms with Crippen molar-refractivity contribution in [2.24, 2.45) is 23.7 Å². The second-order valence-corrected chi connectivity index (χ2v) is 11.7. The Bertz CT molecular complexity index is 861. The molecule has 0 aliphatic rings. The monoisotopic (exact) mass is 610 g/mol. The van der Waals surface area contributed by atoms with Crippen molar-refractivity contribution in [2.45, 2.75) is 94.3 Å². The van der Waals surface area contributed by atoms with Gasteiger partial charge in [0, 0.05) is 18.4 Å². The summed E-state index contributed by atoms with van der Waals surface area (Å²) in [5, 5.41) is 18.5. The molecule has 0 heterocycles. The van der Waals surface area contributed by atoms with Gasteiger partial charge in [0.1, 0.15) is 0 Å². The zero-order valence-electron chi connectivity index (χ0n) is 29.0. The molecule has 5 heteroatoms. The van der Waals surface area contributed by atoms with Crippen LogP contribution in [0, 0.1) is 23.7 Å². The van der Waals surface area contributed by atoms with Crippen LogP contribution in [0.25, 0.3) is 0 Å². The summed E-state index contributed by atoms with van der Waals surface area (Å²) in [6.45, 7) is 22.3. The highest BCUT2D eigenvalue weighted by molar-refractivity contribution is 5.14. The summed E-state index contributed by atoms with van der Waals surface area (Å²) < 4.78 is 16.6. The molecular formula is C39H62O5. The van der Waals surface area contributed by atoms with Crippen LogP contribution in [0.1, 0.15) is 79.0 Å². The summed E-state index contributed by atoms with van der Waals surface area (Å²) in [6, 6.07) is 30.4. The number of rotatable bonds is 15. The van der Waals surface area contributed by atoms with Crippen molar-refractivity contribution in [3.05, 3.63) is 108 Å². The number of benzene rings is 3. The van der Waals surface area contributed by atoms with Gasteiger partial charge in [0.2, 0.25) is 0 Å². The highest BCUT2D eigenvalue weighted by Gasteiger charge is 2.09. The molecule has 0 aromatic heterocycles. The largest absolute Gasteiger partial charge is 0.393 e. The van der Waals surface area contributed by atoms with Crippen LogP contribution in [-0.2, 0) is 34.0 Å². The Balaban J connectivity index is 0.000000612. The lowest BCUT2D eigenvalue weighted by atomic mass is 9.99. The van der Waals surface area contributed by atoms with Gasteiger partial charge in [-0.25, -0.2) is 0 Å². The third-order valence-electron chi connectivity index (χ3n) is 7.26. The van der Waals surface area contributed by atoms with Crippen molar-refractivity contribution in [1.29, 1.82) is 0 Å². The first-order valence-electron chi connectivity index (χ1n) is 16.3. The second kappa shape index (κ2) is 26.8. The molecule has 44 heavy (non-hydrogen) atoms. The zero-order valence-corrected chi connectivity index (χ0v) is 29.0. The van der Waals surface area contributed by atoms with Crippen molar-refractivity contribution in [2.75, 3.05) is 19.8 Å². The maximum absolute atomic E-state index is 9.24. The third kappa shape index (κ3) is 22.0. The predicted octanol–water partition coefficient (Wildman–Crippen LogP) is 8.96. The topological polar surface area (TPSA) is 68.2 Å². The van der Waals surface area contributed by atoms with E-state index in [-0.39, 0.29) is 24.0 Å². The molecule has 0 radical (unpaired) electrons. The van der Waals surface area contributed by atoms with Gasteiger partial charge < -0.3 is 24.4 Å². The van der Waals surface area contributed by atoms with E-state index in [0.717, 1.165) is 13.2 Å². The summed E-state index contributed by atoms with van der Waals surface area (Å²) in [6.07, 6.45) is -0.600. The molecule has 0 saturated heterocycles. The second-order valence-electron chi connectivity index (χ2n) is 11.7. The number of aliphatic hydroxyl groups is 2. The van der Waals surface area contributed by atoms with Crippen LogP contribution < -0.4 is 0 Å². The normalized spacial score (nSPS) is 13.9. The van der Waals surface area contributed by atoms with Gasteiger partial charge in [0.05, 0.1) is 45.2 Å². The average Bonchev–Trinajstić information content (AvgIpc) is 3.04. The van der Waals surface area contributed by atoms with E-state index in [9.17, 15) is 10.2 Å². The van der Waals surface area contributed by atoms with E-state index in [1.807, 2.05) is 107 Å². The molecule has 0 bridgehead atoms. The Morgan fingerprint density at radius 2 is 0.682 bits per heavy atom. The van der Waals surface area contributed by atoms with Gasteiger partial charge in [-0.15, -0.1) is 0 Å². The summed E-state index contributed by atoms with van der Waals surface area (Å²) in [4.78, 5) is 0. The van der Waals surface area contributed by atoms with Gasteiger partial charge in [-0.1, -0.05) is 139 Å². The van der Waals surface area contributed by atoms with Crippen molar-refractivity contribution < 1.29 is 24.4 Å². The lowest BCUT2D eigenvalue weighted by Crippen LogP contribution is -2.18. The first-order chi connectivity index (χ1) is 21.1. The fraction of sp³-hybridized carbons (Fsp3) is 0.538. The summed E-state index contributed by atoms with van der Waals surface area (Å²) in [5.74, 6) is 1.72. The van der Waals surface area contributed by atoms with Gasteiger partial charge in [0.15, 0.2) is 0 Å². The molecule has 0 amide bonds. The highest BCUT2D eigenvalue weighted by atomic mass is 16.5. The third-order valence-corrected chi connectivity index (χ3v) is 7.26. The first-order valence-corrected chi connectivity index (χ1v) is 16.3. The van der Waals surface area contributed by atoms with Crippen LogP contribution in [0.2, 0.25) is 0 Å². The van der Waals surface area contributed by atoms with Crippen LogP contribution in [0.5, 0.6) is 0 Å². The Labute approximate surface area is 269 Å². The van der Waals surface area contributed by atoms with Crippen LogP contribution in [0.15, 0.2) is 91.0 Å². The van der Waals surface area contributed by atoms with E-state index >= 15 is 0 Å². The average molecular weight is 611 g/mol. The predicted molar refractivity (Wildman–Crippen MR) is 185 cm³/mol. The Hall–Kier alpha value is -2.54. The molecule has 0 saturated carbocycles. The van der Waals surface area contributed by atoms with E-state index in [4.69, 9.17) is 14.2 Å². The minimum atomic E-state index is -0.300. The van der Waals surface area contributed by atoms with E-state index in [1.165, 1.54) is 16.7 Å². The van der Waals surface area contributed by atoms with Crippen molar-refractivity contribution in [3.63, 3.8) is 0 Å². The number of hydrogen-bond donors (Lipinski definition) is 2. The molecule has 0 aliphatic heterocycles. The molecule has 0 fully saturated rings. The van der Waals surface area contributed by atoms with Gasteiger partial charge in [-0.05, 0) is 42.4 Å². The van der Waals surface area contributed by atoms with Crippen molar-refractivity contribution >= 4 is 0 Å². The quantitative estimate of drug-likeness (QED) is 0.180. The van der Waals surface area contributed by atoms with E-state index in [1.54, 1.807) is 13.8 Å². The van der Waals surface area contributed by atoms with Gasteiger partial charge in [0.25, 0.3) is 0 Å². The van der Waals surface area contributed by atoms with Crippen LogP contribution in [-0.4, -0.2) is 42.2 Å². The molecule has 0 unspecified atom stereocenters. The lowest BCUT2D eigenvalue weighted by molar-refractivity contribution is 0.0365. The van der Waals surface area contributed by atoms with Gasteiger partial charge in [-0.2, -0.15) is 0 Å². The molecule has 3 rings (SSSR count). The summed E-state index contributed by atoms with van der Waals surface area (Å²) in [5.41, 5.74) is 3.60. The Morgan fingerprint density at radius 3 is 0.909 bits per heavy atom. The minimum Gasteiger partial charge on any atom is -0.393 e. The molecule has 5 atom stereocenters. The SMILES string of the molecule is CC.CC(C)[C@H](C)COCc1ccccc1.C[C@H](COCc1ccccc1)[C@@H](C)O.C[C@H](O)[C@H](C)COCc1ccccc1. The fourth-order valence-electron chi connectivity index (χ4n) is 3.28. The van der Waals surface area contributed by atoms with Crippen LogP contribution in [0.3, 0.4) is 0 Å². The van der Waals surface area contributed by atoms with Crippen LogP contribution >= 0.6 is 0 Å². The maximum Gasteiger partial charge on any atom is 0.0717 e. The molecular weight excluding hydrogens is 548 g/mol. The standard InChI is InChI=1S/C13H20O.2C12H18O2.C2H6/c1-11(2)12(3)9-14-10-13-7-5-4-6-8-13;2*1-10(11(2)13)8-14-9-12-6-4-3-5-7-12;1-2/h4-8,11-12H,9-10H2,1-3H3;2*3-7,10-11,13H,8-9H2,1-2H3;1-2H3/t12-;10-,11+;10-,11-;/m111./s1. The Morgan fingerprint density at radius 1 is 0.432 bits per heavy atom. The Kier molecular flexibility index (Phi) is 25.3. The first kappa shape index (κ1) is 41.5. The highest BCUT2D eigenvalue weighted by Crippen LogP contribution is 2.11. The molecule has 5 nitrogen and oxygen atoms in total. The smallest absolute Gasteiger partial charge is 0.0717 e. The van der Waals surface area contributed by atoms with Crippen LogP contribution in [0.4, 0.5) is 0 Å². The van der Waals surface area contributed by atoms with Gasteiger partial charge in [-0.3, -0.25) is 0 Å². The molecule has 3 aromatic rings. The summed E-state index contributed by atoms with van der Waals surface area (Å²) in [7, 11) is 0. The fourth-order valence-corrected chi connectivity index (χ4v) is 3.28. The number of ether oxygens (including phenoxy) is 3. The molecule has 248 valence electrons. The summed E-state index contributed by atoms with van der Waals surface area (Å²) >= 11 is 0. The molecule has 0 aliphatic carbocycles. The van der Waals surface area contributed by atoms with E-state index in [2.05, 4.69) is 32.9 Å². The van der Waals surface area contributed by atoms with Crippen molar-refractivity contribution in [1.82, 2.24) is 0 Å². The lowest BCUT2D eigenvalue weighted by Gasteiger charge is -2.15. The van der Waals surface area contributed by atoms with E-state index < -0.39 is 0 Å². The zero-order chi connectivity index (χ0) is 33.2. The van der Waals surface area contributed by atoms with Gasteiger partial charge >= 0.3 is 0 Å². The number of hydrogen-bond acceptors (Lipinski definition) is 5. The molecule has 2 N–H and O–H groups in total. The maximum atomic E-state index is 9.24. The molecule has 3 aromatic carbocycles.